The fraction of sp³-hybridized carbons (Fsp3) is 0.591. The molecule has 10 heteroatoms. The number of carbonyl (C=O) groups excluding carboxylic acids is 2. The molecule has 0 aromatic heterocycles. The number of hydrogen-bond donors (Lipinski definition) is 1. The highest BCUT2D eigenvalue weighted by molar-refractivity contribution is 7.89. The Morgan fingerprint density at radius 3 is 2.75 bits per heavy atom. The van der Waals surface area contributed by atoms with Crippen molar-refractivity contribution < 1.29 is 18.0 Å². The molecule has 0 radical (unpaired) electrons. The van der Waals surface area contributed by atoms with Crippen molar-refractivity contribution in [2.24, 2.45) is 11.1 Å². The lowest BCUT2D eigenvalue weighted by Crippen LogP contribution is -2.53. The first-order chi connectivity index (χ1) is 15.1. The van der Waals surface area contributed by atoms with E-state index in [0.29, 0.717) is 26.1 Å². The van der Waals surface area contributed by atoms with Gasteiger partial charge in [0.1, 0.15) is 6.04 Å². The van der Waals surface area contributed by atoms with Crippen LogP contribution < -0.4 is 5.14 Å². The van der Waals surface area contributed by atoms with E-state index < -0.39 is 10.0 Å². The smallest absolute Gasteiger partial charge is 0.240 e. The Bertz CT molecular complexity index is 1070. The maximum absolute atomic E-state index is 13.2. The van der Waals surface area contributed by atoms with Crippen LogP contribution in [0.1, 0.15) is 44.7 Å². The summed E-state index contributed by atoms with van der Waals surface area (Å²) >= 11 is 0. The van der Waals surface area contributed by atoms with Crippen molar-refractivity contribution in [2.45, 2.75) is 62.2 Å². The van der Waals surface area contributed by atoms with E-state index in [0.717, 1.165) is 18.4 Å². The first-order valence-electron chi connectivity index (χ1n) is 11.0. The minimum absolute atomic E-state index is 0.00508. The molecule has 32 heavy (non-hydrogen) atoms. The number of likely N-dealkylation sites (tertiary alicyclic amines) is 3. The number of nitriles is 1. The molecule has 0 saturated carbocycles. The number of sulfonamides is 1. The van der Waals surface area contributed by atoms with Crippen LogP contribution in [0.5, 0.6) is 0 Å². The number of hydrogen-bond acceptors (Lipinski definition) is 6. The highest BCUT2D eigenvalue weighted by Gasteiger charge is 2.51. The fourth-order valence-electron chi connectivity index (χ4n) is 5.39. The fourth-order valence-corrected chi connectivity index (χ4v) is 5.96. The highest BCUT2D eigenvalue weighted by Crippen LogP contribution is 2.38. The summed E-state index contributed by atoms with van der Waals surface area (Å²) in [4.78, 5) is 31.7. The number of nitrogens with two attached hydrogens (primary N) is 1. The van der Waals surface area contributed by atoms with E-state index in [1.54, 1.807) is 17.0 Å². The van der Waals surface area contributed by atoms with Crippen molar-refractivity contribution >= 4 is 21.8 Å². The number of benzene rings is 1. The van der Waals surface area contributed by atoms with Gasteiger partial charge in [-0.25, -0.2) is 13.6 Å². The Balaban J connectivity index is 1.42. The maximum Gasteiger partial charge on any atom is 0.240 e. The van der Waals surface area contributed by atoms with E-state index in [1.807, 2.05) is 18.7 Å². The normalized spacial score (nSPS) is 27.6. The maximum atomic E-state index is 13.2. The topological polar surface area (TPSA) is 128 Å². The number of piperazine rings is 1. The molecule has 9 nitrogen and oxygen atoms in total. The van der Waals surface area contributed by atoms with Gasteiger partial charge >= 0.3 is 0 Å². The molecule has 3 aliphatic rings. The number of primary sulfonamides is 1. The van der Waals surface area contributed by atoms with Crippen molar-refractivity contribution in [3.63, 3.8) is 0 Å². The number of fused-ring (bicyclic) bond motifs is 2. The summed E-state index contributed by atoms with van der Waals surface area (Å²) in [6, 6.07) is 7.75. The van der Waals surface area contributed by atoms with Crippen LogP contribution in [-0.2, 0) is 19.6 Å². The van der Waals surface area contributed by atoms with Crippen LogP contribution in [-0.4, -0.2) is 72.7 Å². The number of nitrogens with zero attached hydrogens (tertiary/aromatic N) is 4. The van der Waals surface area contributed by atoms with Crippen molar-refractivity contribution in [1.29, 1.82) is 5.26 Å². The van der Waals surface area contributed by atoms with Gasteiger partial charge in [0.2, 0.25) is 21.8 Å². The summed E-state index contributed by atoms with van der Waals surface area (Å²) in [6.07, 6.45) is 2.27. The van der Waals surface area contributed by atoms with Crippen LogP contribution >= 0.6 is 0 Å². The second-order valence-corrected chi connectivity index (χ2v) is 10.7. The molecule has 2 amide bonds. The van der Waals surface area contributed by atoms with E-state index in [1.165, 1.54) is 12.1 Å². The molecule has 3 saturated heterocycles. The van der Waals surface area contributed by atoms with Gasteiger partial charge in [-0.05, 0) is 43.9 Å². The van der Waals surface area contributed by atoms with Gasteiger partial charge in [0.15, 0.2) is 0 Å². The molecular weight excluding hydrogens is 430 g/mol. The van der Waals surface area contributed by atoms with Crippen molar-refractivity contribution in [3.05, 3.63) is 29.8 Å². The third-order valence-electron chi connectivity index (χ3n) is 7.02. The molecule has 3 aliphatic heterocycles. The monoisotopic (exact) mass is 459 g/mol. The summed E-state index contributed by atoms with van der Waals surface area (Å²) in [7, 11) is -3.82. The summed E-state index contributed by atoms with van der Waals surface area (Å²) in [5.41, 5.74) is 0.726. The van der Waals surface area contributed by atoms with Crippen LogP contribution in [0.2, 0.25) is 0 Å². The quantitative estimate of drug-likeness (QED) is 0.671. The van der Waals surface area contributed by atoms with E-state index in [-0.39, 0.29) is 46.8 Å². The van der Waals surface area contributed by atoms with E-state index in [9.17, 15) is 23.3 Å². The highest BCUT2D eigenvalue weighted by atomic mass is 32.2. The number of rotatable bonds is 6. The van der Waals surface area contributed by atoms with Crippen LogP contribution in [0, 0.1) is 17.2 Å². The molecular formula is C22H29N5O4S. The Hall–Kier alpha value is -2.48. The zero-order chi connectivity index (χ0) is 23.2. The van der Waals surface area contributed by atoms with Gasteiger partial charge in [-0.15, -0.1) is 0 Å². The average molecular weight is 460 g/mol. The van der Waals surface area contributed by atoms with Gasteiger partial charge in [-0.2, -0.15) is 5.26 Å². The molecule has 3 fully saturated rings. The third-order valence-corrected chi connectivity index (χ3v) is 7.93. The Morgan fingerprint density at radius 1 is 1.34 bits per heavy atom. The summed E-state index contributed by atoms with van der Waals surface area (Å²) in [6.45, 7) is 5.55. The lowest BCUT2D eigenvalue weighted by Gasteiger charge is -2.38. The Kier molecular flexibility index (Phi) is 6.00. The molecule has 2 bridgehead atoms. The molecule has 1 aromatic rings. The number of carbonyl (C=O) groups is 2. The van der Waals surface area contributed by atoms with Crippen LogP contribution in [0.3, 0.4) is 0 Å². The molecule has 0 spiro atoms. The second-order valence-electron chi connectivity index (χ2n) is 9.12. The molecule has 3 heterocycles. The minimum Gasteiger partial charge on any atom is -0.330 e. The lowest BCUT2D eigenvalue weighted by molar-refractivity contribution is -0.142. The molecule has 0 unspecified atom stereocenters. The predicted octanol–water partition coefficient (Wildman–Crippen LogP) is 0.831. The Labute approximate surface area is 188 Å². The first kappa shape index (κ1) is 22.7. The molecule has 5 atom stereocenters. The van der Waals surface area contributed by atoms with Gasteiger partial charge in [-0.3, -0.25) is 14.5 Å². The van der Waals surface area contributed by atoms with E-state index >= 15 is 0 Å². The van der Waals surface area contributed by atoms with Crippen LogP contribution in [0.25, 0.3) is 0 Å². The molecule has 1 aromatic carbocycles. The van der Waals surface area contributed by atoms with Gasteiger partial charge in [0.05, 0.1) is 23.0 Å². The molecule has 0 aliphatic carbocycles. The Morgan fingerprint density at radius 2 is 2.09 bits per heavy atom. The zero-order valence-corrected chi connectivity index (χ0v) is 19.2. The summed E-state index contributed by atoms with van der Waals surface area (Å²) in [5, 5.41) is 14.5. The second kappa shape index (κ2) is 8.46. The largest absolute Gasteiger partial charge is 0.330 e. The SMILES string of the molecule is C[C@@H](CN1C[C@H]2C[C@@H]1C(=O)N2[C@@H](C)c1cccc(S(N)(=O)=O)c1)C(=O)N1CCC[C@H]1C#N. The van der Waals surface area contributed by atoms with E-state index in [4.69, 9.17) is 5.14 Å². The standard InChI is InChI=1S/C22H29N5O4S/c1-14(21(28)26-8-4-6-17(26)11-23)12-25-13-18-10-20(25)22(29)27(18)15(2)16-5-3-7-19(9-16)32(24,30)31/h3,5,7,9,14-15,17-18,20H,4,6,8,10,12-13H2,1-2H3,(H2,24,30,31)/t14-,15-,17-,18+,20+/m0/s1. The first-order valence-corrected chi connectivity index (χ1v) is 12.6. The van der Waals surface area contributed by atoms with Crippen molar-refractivity contribution in [2.75, 3.05) is 19.6 Å². The zero-order valence-electron chi connectivity index (χ0n) is 18.3. The van der Waals surface area contributed by atoms with Crippen LogP contribution in [0.15, 0.2) is 29.2 Å². The summed E-state index contributed by atoms with van der Waals surface area (Å²) in [5.74, 6) is -0.298. The van der Waals surface area contributed by atoms with E-state index in [2.05, 4.69) is 11.0 Å². The van der Waals surface area contributed by atoms with Gasteiger partial charge in [0.25, 0.3) is 0 Å². The molecule has 4 rings (SSSR count). The lowest BCUT2D eigenvalue weighted by atomic mass is 10.0. The number of amides is 2. The molecule has 2 N–H and O–H groups in total. The third kappa shape index (κ3) is 4.00. The minimum atomic E-state index is -3.82. The molecule has 172 valence electrons. The predicted molar refractivity (Wildman–Crippen MR) is 116 cm³/mol. The van der Waals surface area contributed by atoms with Crippen molar-refractivity contribution in [3.8, 4) is 6.07 Å². The van der Waals surface area contributed by atoms with Gasteiger partial charge < -0.3 is 9.80 Å². The van der Waals surface area contributed by atoms with Crippen molar-refractivity contribution in [1.82, 2.24) is 14.7 Å². The van der Waals surface area contributed by atoms with Gasteiger partial charge in [0, 0.05) is 31.6 Å². The van der Waals surface area contributed by atoms with Crippen LogP contribution in [0.4, 0.5) is 0 Å². The van der Waals surface area contributed by atoms with Gasteiger partial charge in [-0.1, -0.05) is 19.1 Å². The summed E-state index contributed by atoms with van der Waals surface area (Å²) < 4.78 is 23.4. The average Bonchev–Trinajstić information content (AvgIpc) is 3.46.